The molecule has 3 heterocycles. The lowest BCUT2D eigenvalue weighted by atomic mass is 10.1. The van der Waals surface area contributed by atoms with Crippen LogP contribution >= 0.6 is 0 Å². The number of hydrogen-bond acceptors (Lipinski definition) is 5. The van der Waals surface area contributed by atoms with Crippen molar-refractivity contribution in [1.29, 1.82) is 0 Å². The molecular formula is C20H19N3O4. The number of nitrogens with zero attached hydrogens (tertiary/aromatic N) is 3. The molecule has 0 bridgehead atoms. The molecule has 0 unspecified atom stereocenters. The van der Waals surface area contributed by atoms with Crippen molar-refractivity contribution >= 4 is 17.7 Å². The quantitative estimate of drug-likeness (QED) is 0.771. The van der Waals surface area contributed by atoms with Gasteiger partial charge in [-0.3, -0.25) is 24.3 Å². The molecule has 0 saturated carbocycles. The third kappa shape index (κ3) is 3.40. The van der Waals surface area contributed by atoms with Gasteiger partial charge in [-0.05, 0) is 24.3 Å². The fourth-order valence-corrected chi connectivity index (χ4v) is 3.45. The maximum atomic E-state index is 12.6. The van der Waals surface area contributed by atoms with Crippen LogP contribution in [0.3, 0.4) is 0 Å². The molecule has 1 fully saturated rings. The Kier molecular flexibility index (Phi) is 4.58. The highest BCUT2D eigenvalue weighted by Crippen LogP contribution is 2.23. The molecule has 0 radical (unpaired) electrons. The van der Waals surface area contributed by atoms with Crippen LogP contribution in [0.1, 0.15) is 33.6 Å². The van der Waals surface area contributed by atoms with Gasteiger partial charge in [0.15, 0.2) is 0 Å². The average Bonchev–Trinajstić information content (AvgIpc) is 2.94. The summed E-state index contributed by atoms with van der Waals surface area (Å²) in [6.45, 7) is 0.848. The summed E-state index contributed by atoms with van der Waals surface area (Å²) in [5, 5.41) is 0. The first-order valence-corrected chi connectivity index (χ1v) is 8.93. The molecule has 1 aromatic heterocycles. The number of amides is 3. The van der Waals surface area contributed by atoms with E-state index in [0.717, 1.165) is 4.90 Å². The smallest absolute Gasteiger partial charge is 0.262 e. The highest BCUT2D eigenvalue weighted by atomic mass is 16.5. The van der Waals surface area contributed by atoms with E-state index in [0.29, 0.717) is 42.8 Å². The van der Waals surface area contributed by atoms with Gasteiger partial charge in [0.25, 0.3) is 11.8 Å². The molecule has 0 spiro atoms. The molecule has 2 aromatic rings. The van der Waals surface area contributed by atoms with Crippen LogP contribution in [-0.4, -0.2) is 58.2 Å². The number of carbonyl (C=O) groups is 3. The number of benzene rings is 1. The Morgan fingerprint density at radius 2 is 1.70 bits per heavy atom. The van der Waals surface area contributed by atoms with Gasteiger partial charge in [-0.15, -0.1) is 0 Å². The number of imide groups is 1. The van der Waals surface area contributed by atoms with Crippen molar-refractivity contribution in [2.24, 2.45) is 0 Å². The standard InChI is InChI=1S/C20H19N3O4/c24-18(13-23-19(25)16-5-1-2-6-17(16)20(23)26)22-10-7-14(8-11-22)27-15-4-3-9-21-12-15/h1-6,9,12,14H,7-8,10-11,13H2. The zero-order valence-electron chi connectivity index (χ0n) is 14.7. The first-order chi connectivity index (χ1) is 13.1. The van der Waals surface area contributed by atoms with E-state index in [1.807, 2.05) is 12.1 Å². The molecular weight excluding hydrogens is 346 g/mol. The number of fused-ring (bicyclic) bond motifs is 1. The maximum absolute atomic E-state index is 12.6. The normalized spacial score (nSPS) is 17.2. The lowest BCUT2D eigenvalue weighted by Gasteiger charge is -2.32. The second-order valence-corrected chi connectivity index (χ2v) is 6.63. The number of aromatic nitrogens is 1. The molecule has 27 heavy (non-hydrogen) atoms. The van der Waals surface area contributed by atoms with E-state index in [9.17, 15) is 14.4 Å². The Balaban J connectivity index is 1.33. The minimum atomic E-state index is -0.404. The molecule has 1 aromatic carbocycles. The van der Waals surface area contributed by atoms with Crippen molar-refractivity contribution in [3.05, 3.63) is 59.9 Å². The van der Waals surface area contributed by atoms with Gasteiger partial charge in [0.05, 0.1) is 17.3 Å². The summed E-state index contributed by atoms with van der Waals surface area (Å²) in [5.41, 5.74) is 0.720. The number of pyridine rings is 1. The zero-order chi connectivity index (χ0) is 18.8. The second kappa shape index (κ2) is 7.19. The monoisotopic (exact) mass is 365 g/mol. The Bertz CT molecular complexity index is 841. The summed E-state index contributed by atoms with van der Waals surface area (Å²) in [6.07, 6.45) is 4.77. The Labute approximate surface area is 156 Å². The van der Waals surface area contributed by atoms with Gasteiger partial charge in [-0.25, -0.2) is 0 Å². The highest BCUT2D eigenvalue weighted by molar-refractivity contribution is 6.22. The number of ether oxygens (including phenoxy) is 1. The Morgan fingerprint density at radius 1 is 1.04 bits per heavy atom. The summed E-state index contributed by atoms with van der Waals surface area (Å²) in [4.78, 5) is 44.1. The summed E-state index contributed by atoms with van der Waals surface area (Å²) in [5.74, 6) is -0.310. The van der Waals surface area contributed by atoms with Crippen molar-refractivity contribution < 1.29 is 19.1 Å². The first kappa shape index (κ1) is 17.2. The van der Waals surface area contributed by atoms with Crippen LogP contribution in [0, 0.1) is 0 Å². The molecule has 7 heteroatoms. The van der Waals surface area contributed by atoms with Crippen molar-refractivity contribution in [2.45, 2.75) is 18.9 Å². The predicted molar refractivity (Wildman–Crippen MR) is 96.3 cm³/mol. The molecule has 138 valence electrons. The zero-order valence-corrected chi connectivity index (χ0v) is 14.7. The van der Waals surface area contributed by atoms with Gasteiger partial charge in [0.2, 0.25) is 5.91 Å². The SMILES string of the molecule is O=C(CN1C(=O)c2ccccc2C1=O)N1CCC(Oc2cccnc2)CC1. The third-order valence-electron chi connectivity index (χ3n) is 4.90. The summed E-state index contributed by atoms with van der Waals surface area (Å²) in [7, 11) is 0. The van der Waals surface area contributed by atoms with Gasteiger partial charge in [0, 0.05) is 32.1 Å². The van der Waals surface area contributed by atoms with E-state index in [1.165, 1.54) is 0 Å². The highest BCUT2D eigenvalue weighted by Gasteiger charge is 2.37. The number of likely N-dealkylation sites (tertiary alicyclic amines) is 1. The second-order valence-electron chi connectivity index (χ2n) is 6.63. The van der Waals surface area contributed by atoms with Crippen LogP contribution in [0.25, 0.3) is 0 Å². The topological polar surface area (TPSA) is 79.8 Å². The molecule has 0 atom stereocenters. The van der Waals surface area contributed by atoms with E-state index in [4.69, 9.17) is 4.74 Å². The van der Waals surface area contributed by atoms with Gasteiger partial charge >= 0.3 is 0 Å². The van der Waals surface area contributed by atoms with Crippen LogP contribution < -0.4 is 4.74 Å². The lowest BCUT2D eigenvalue weighted by Crippen LogP contribution is -2.47. The Hall–Kier alpha value is -3.22. The Morgan fingerprint density at radius 3 is 2.30 bits per heavy atom. The first-order valence-electron chi connectivity index (χ1n) is 8.93. The van der Waals surface area contributed by atoms with Crippen molar-refractivity contribution in [3.63, 3.8) is 0 Å². The van der Waals surface area contributed by atoms with Crippen LogP contribution in [0.15, 0.2) is 48.8 Å². The summed E-state index contributed by atoms with van der Waals surface area (Å²) in [6, 6.07) is 10.3. The number of hydrogen-bond donors (Lipinski definition) is 0. The molecule has 0 N–H and O–H groups in total. The van der Waals surface area contributed by atoms with E-state index < -0.39 is 11.8 Å². The van der Waals surface area contributed by atoms with E-state index in [1.54, 1.807) is 41.6 Å². The van der Waals surface area contributed by atoms with Gasteiger partial charge < -0.3 is 9.64 Å². The fourth-order valence-electron chi connectivity index (χ4n) is 3.45. The molecule has 2 aliphatic rings. The van der Waals surface area contributed by atoms with Crippen molar-refractivity contribution in [2.75, 3.05) is 19.6 Å². The van der Waals surface area contributed by atoms with Crippen LogP contribution in [-0.2, 0) is 4.79 Å². The third-order valence-corrected chi connectivity index (χ3v) is 4.90. The van der Waals surface area contributed by atoms with E-state index in [2.05, 4.69) is 4.98 Å². The van der Waals surface area contributed by atoms with Crippen LogP contribution in [0.4, 0.5) is 0 Å². The van der Waals surface area contributed by atoms with Crippen LogP contribution in [0.2, 0.25) is 0 Å². The van der Waals surface area contributed by atoms with Crippen LogP contribution in [0.5, 0.6) is 5.75 Å². The van der Waals surface area contributed by atoms with Gasteiger partial charge in [-0.2, -0.15) is 0 Å². The molecule has 4 rings (SSSR count). The van der Waals surface area contributed by atoms with Gasteiger partial charge in [0.1, 0.15) is 18.4 Å². The summed E-state index contributed by atoms with van der Waals surface area (Å²) < 4.78 is 5.87. The molecule has 1 saturated heterocycles. The van der Waals surface area contributed by atoms with Crippen molar-refractivity contribution in [3.8, 4) is 5.75 Å². The molecule has 3 amide bonds. The van der Waals surface area contributed by atoms with E-state index >= 15 is 0 Å². The van der Waals surface area contributed by atoms with Gasteiger partial charge in [-0.1, -0.05) is 12.1 Å². The maximum Gasteiger partial charge on any atom is 0.262 e. The molecule has 7 nitrogen and oxygen atoms in total. The number of rotatable bonds is 4. The fraction of sp³-hybridized carbons (Fsp3) is 0.300. The predicted octanol–water partition coefficient (Wildman–Crippen LogP) is 1.75. The summed E-state index contributed by atoms with van der Waals surface area (Å²) >= 11 is 0. The van der Waals surface area contributed by atoms with Crippen molar-refractivity contribution in [1.82, 2.24) is 14.8 Å². The minimum absolute atomic E-state index is 0.0255. The van der Waals surface area contributed by atoms with E-state index in [-0.39, 0.29) is 18.6 Å². The average molecular weight is 365 g/mol. The molecule has 2 aliphatic heterocycles. The molecule has 0 aliphatic carbocycles. The largest absolute Gasteiger partial charge is 0.489 e. The number of carbonyl (C=O) groups excluding carboxylic acids is 3. The minimum Gasteiger partial charge on any atom is -0.489 e. The number of piperidine rings is 1. The lowest BCUT2D eigenvalue weighted by molar-refractivity contribution is -0.133.